The van der Waals surface area contributed by atoms with Crippen molar-refractivity contribution in [2.45, 2.75) is 12.8 Å². The number of rotatable bonds is 6. The molecular formula is C49H35N3. The van der Waals surface area contributed by atoms with Gasteiger partial charge >= 0.3 is 0 Å². The molecule has 9 aromatic rings. The van der Waals surface area contributed by atoms with E-state index in [9.17, 15) is 0 Å². The van der Waals surface area contributed by atoms with Crippen LogP contribution in [0.2, 0.25) is 0 Å². The molecule has 1 atom stereocenters. The van der Waals surface area contributed by atoms with E-state index < -0.39 is 0 Å². The van der Waals surface area contributed by atoms with Gasteiger partial charge in [0.1, 0.15) is 5.65 Å². The fourth-order valence-electron chi connectivity index (χ4n) is 8.14. The number of imidazole rings is 1. The Morgan fingerprint density at radius 3 is 1.87 bits per heavy atom. The van der Waals surface area contributed by atoms with E-state index in [0.717, 1.165) is 51.9 Å². The molecule has 1 unspecified atom stereocenters. The summed E-state index contributed by atoms with van der Waals surface area (Å²) in [5.41, 5.74) is 15.0. The number of nitrogens with zero attached hydrogens (tertiary/aromatic N) is 3. The fourth-order valence-corrected chi connectivity index (χ4v) is 8.14. The minimum Gasteiger partial charge on any atom is -0.292 e. The van der Waals surface area contributed by atoms with Gasteiger partial charge in [0.2, 0.25) is 0 Å². The highest BCUT2D eigenvalue weighted by Gasteiger charge is 2.28. The Labute approximate surface area is 302 Å². The molecule has 1 aliphatic heterocycles. The van der Waals surface area contributed by atoms with Crippen LogP contribution in [0.3, 0.4) is 0 Å². The van der Waals surface area contributed by atoms with Crippen molar-refractivity contribution in [3.8, 4) is 11.1 Å². The number of para-hydroxylation sites is 3. The zero-order valence-electron chi connectivity index (χ0n) is 28.7. The number of fused-ring (bicyclic) bond motifs is 8. The lowest BCUT2D eigenvalue weighted by Gasteiger charge is -2.28. The van der Waals surface area contributed by atoms with Crippen molar-refractivity contribution in [2.24, 2.45) is 10.9 Å². The molecular weight excluding hydrogens is 631 g/mol. The van der Waals surface area contributed by atoms with Gasteiger partial charge in [-0.1, -0.05) is 158 Å². The van der Waals surface area contributed by atoms with Gasteiger partial charge in [-0.25, -0.2) is 4.98 Å². The molecule has 3 heteroatoms. The molecule has 2 aromatic heterocycles. The number of hydrogen-bond acceptors (Lipinski definition) is 2. The summed E-state index contributed by atoms with van der Waals surface area (Å²) in [6.07, 6.45) is 1.84. The first kappa shape index (κ1) is 30.3. The Morgan fingerprint density at radius 1 is 0.481 bits per heavy atom. The molecule has 0 aliphatic carbocycles. The summed E-state index contributed by atoms with van der Waals surface area (Å²) in [7, 11) is 0. The molecule has 10 rings (SSSR count). The number of aromatic nitrogens is 2. The van der Waals surface area contributed by atoms with Gasteiger partial charge in [-0.3, -0.25) is 9.39 Å². The zero-order chi connectivity index (χ0) is 34.4. The summed E-state index contributed by atoms with van der Waals surface area (Å²) >= 11 is 0. The SMILES string of the molecule is c1ccc(CC2CC(c3ccccc3)=C(c3ccccc3)N=C2c2ccc(-c3ccc4c5ccccc5n5c6ccccc6nc5c4c3)cc2)cc1. The maximum absolute atomic E-state index is 5.57. The second kappa shape index (κ2) is 12.6. The van der Waals surface area contributed by atoms with E-state index in [1.165, 1.54) is 49.7 Å². The minimum absolute atomic E-state index is 0.229. The topological polar surface area (TPSA) is 29.7 Å². The fraction of sp³-hybridized carbons (Fsp3) is 0.0612. The number of pyridine rings is 1. The van der Waals surface area contributed by atoms with Crippen LogP contribution in [0.5, 0.6) is 0 Å². The van der Waals surface area contributed by atoms with E-state index in [4.69, 9.17) is 9.98 Å². The van der Waals surface area contributed by atoms with E-state index in [0.29, 0.717) is 0 Å². The molecule has 1 aliphatic rings. The molecule has 246 valence electrons. The largest absolute Gasteiger partial charge is 0.292 e. The van der Waals surface area contributed by atoms with Gasteiger partial charge in [-0.2, -0.15) is 0 Å². The van der Waals surface area contributed by atoms with Crippen LogP contribution in [0.25, 0.3) is 60.8 Å². The average molecular weight is 666 g/mol. The maximum Gasteiger partial charge on any atom is 0.146 e. The molecule has 0 saturated heterocycles. The Hall–Kier alpha value is -6.58. The quantitative estimate of drug-likeness (QED) is 0.163. The molecule has 0 bridgehead atoms. The predicted molar refractivity (Wildman–Crippen MR) is 218 cm³/mol. The van der Waals surface area contributed by atoms with Crippen molar-refractivity contribution in [1.29, 1.82) is 0 Å². The van der Waals surface area contributed by atoms with Gasteiger partial charge in [0.05, 0.1) is 28.0 Å². The molecule has 7 aromatic carbocycles. The predicted octanol–water partition coefficient (Wildman–Crippen LogP) is 12.1. The van der Waals surface area contributed by atoms with Gasteiger partial charge < -0.3 is 0 Å². The highest BCUT2D eigenvalue weighted by molar-refractivity contribution is 6.15. The third-order valence-corrected chi connectivity index (χ3v) is 10.6. The third-order valence-electron chi connectivity index (χ3n) is 10.6. The van der Waals surface area contributed by atoms with Gasteiger partial charge in [0.25, 0.3) is 0 Å². The maximum atomic E-state index is 5.57. The molecule has 0 spiro atoms. The Balaban J connectivity index is 1.10. The number of benzene rings is 7. The minimum atomic E-state index is 0.229. The Kier molecular flexibility index (Phi) is 7.35. The van der Waals surface area contributed by atoms with Gasteiger partial charge in [-0.15, -0.1) is 0 Å². The first-order chi connectivity index (χ1) is 25.8. The van der Waals surface area contributed by atoms with Crippen LogP contribution in [0, 0.1) is 5.92 Å². The standard InChI is InChI=1S/C49H35N3/c1-4-14-33(15-5-1)30-39-32-42(35-16-6-2-7-17-35)48(36-18-8-3-9-19-36)51-47(39)37-26-24-34(25-27-37)38-28-29-40-41-20-10-12-22-45(41)52-46-23-13-11-21-44(46)50-49(52)43(40)31-38/h1-29,31,39H,30,32H2. The van der Waals surface area contributed by atoms with Crippen LogP contribution >= 0.6 is 0 Å². The number of aliphatic imine (C=N–C) groups is 1. The highest BCUT2D eigenvalue weighted by Crippen LogP contribution is 2.40. The van der Waals surface area contributed by atoms with Crippen molar-refractivity contribution in [3.05, 3.63) is 204 Å². The lowest BCUT2D eigenvalue weighted by atomic mass is 9.80. The van der Waals surface area contributed by atoms with E-state index >= 15 is 0 Å². The normalized spacial score (nSPS) is 14.8. The van der Waals surface area contributed by atoms with Crippen LogP contribution in [-0.4, -0.2) is 15.1 Å². The van der Waals surface area contributed by atoms with Crippen molar-refractivity contribution in [2.75, 3.05) is 0 Å². The van der Waals surface area contributed by atoms with E-state index in [-0.39, 0.29) is 5.92 Å². The second-order valence-electron chi connectivity index (χ2n) is 13.8. The van der Waals surface area contributed by atoms with Gasteiger partial charge in [-0.05, 0) is 75.9 Å². The smallest absolute Gasteiger partial charge is 0.146 e. The van der Waals surface area contributed by atoms with Crippen molar-refractivity contribution in [3.63, 3.8) is 0 Å². The lowest BCUT2D eigenvalue weighted by Crippen LogP contribution is -2.23. The third kappa shape index (κ3) is 5.21. The Bertz CT molecular complexity index is 2810. The highest BCUT2D eigenvalue weighted by atomic mass is 15.0. The molecule has 0 fully saturated rings. The number of hydrogen-bond donors (Lipinski definition) is 0. The molecule has 52 heavy (non-hydrogen) atoms. The monoisotopic (exact) mass is 665 g/mol. The first-order valence-electron chi connectivity index (χ1n) is 18.1. The van der Waals surface area contributed by atoms with Crippen LogP contribution in [-0.2, 0) is 6.42 Å². The van der Waals surface area contributed by atoms with E-state index in [2.05, 4.69) is 186 Å². The van der Waals surface area contributed by atoms with Crippen molar-refractivity contribution in [1.82, 2.24) is 9.38 Å². The zero-order valence-corrected chi connectivity index (χ0v) is 28.7. The number of allylic oxidation sites excluding steroid dienone is 1. The van der Waals surface area contributed by atoms with Gasteiger partial charge in [0.15, 0.2) is 0 Å². The first-order valence-corrected chi connectivity index (χ1v) is 18.1. The molecule has 3 nitrogen and oxygen atoms in total. The molecule has 0 amide bonds. The van der Waals surface area contributed by atoms with Crippen LogP contribution < -0.4 is 0 Å². The summed E-state index contributed by atoms with van der Waals surface area (Å²) in [5.74, 6) is 0.229. The van der Waals surface area contributed by atoms with E-state index in [1.807, 2.05) is 0 Å². The average Bonchev–Trinajstić information content (AvgIpc) is 3.62. The Morgan fingerprint density at radius 2 is 1.10 bits per heavy atom. The molecule has 0 radical (unpaired) electrons. The van der Waals surface area contributed by atoms with Crippen molar-refractivity contribution >= 4 is 55.3 Å². The molecule has 0 saturated carbocycles. The van der Waals surface area contributed by atoms with Crippen LogP contribution in [0.15, 0.2) is 187 Å². The summed E-state index contributed by atoms with van der Waals surface area (Å²) in [4.78, 5) is 10.7. The molecule has 0 N–H and O–H groups in total. The van der Waals surface area contributed by atoms with Crippen LogP contribution in [0.1, 0.15) is 28.7 Å². The van der Waals surface area contributed by atoms with E-state index in [1.54, 1.807) is 0 Å². The lowest BCUT2D eigenvalue weighted by molar-refractivity contribution is 0.703. The molecule has 3 heterocycles. The summed E-state index contributed by atoms with van der Waals surface area (Å²) < 4.78 is 2.31. The van der Waals surface area contributed by atoms with Crippen molar-refractivity contribution < 1.29 is 0 Å². The van der Waals surface area contributed by atoms with Gasteiger partial charge in [0, 0.05) is 22.3 Å². The summed E-state index contributed by atoms with van der Waals surface area (Å²) in [5, 5.41) is 3.60. The summed E-state index contributed by atoms with van der Waals surface area (Å²) in [6.45, 7) is 0. The second-order valence-corrected chi connectivity index (χ2v) is 13.8. The summed E-state index contributed by atoms with van der Waals surface area (Å²) in [6, 6.07) is 65.3. The van der Waals surface area contributed by atoms with Crippen LogP contribution in [0.4, 0.5) is 0 Å².